The molecule has 1 heterocycles. The first-order valence-electron chi connectivity index (χ1n) is 6.19. The Morgan fingerprint density at radius 1 is 1.10 bits per heavy atom. The molecule has 0 unspecified atom stereocenters. The molecule has 8 heteroatoms. The van der Waals surface area contributed by atoms with E-state index in [4.69, 9.17) is 25.8 Å². The second kappa shape index (κ2) is 6.94. The highest BCUT2D eigenvalue weighted by Gasteiger charge is 2.08. The number of methoxy groups -OCH3 is 2. The van der Waals surface area contributed by atoms with Gasteiger partial charge in [0.1, 0.15) is 0 Å². The minimum absolute atomic E-state index is 0.0522. The third-order valence-electron chi connectivity index (χ3n) is 2.50. The van der Waals surface area contributed by atoms with Crippen LogP contribution < -0.4 is 19.5 Å². The molecule has 1 N–H and O–H groups in total. The van der Waals surface area contributed by atoms with Gasteiger partial charge in [0.25, 0.3) is 0 Å². The highest BCUT2D eigenvalue weighted by molar-refractivity contribution is 6.28. The van der Waals surface area contributed by atoms with Gasteiger partial charge in [-0.25, -0.2) is 0 Å². The molecule has 0 bridgehead atoms. The quantitative estimate of drug-likeness (QED) is 0.878. The number of nitrogens with zero attached hydrogens (tertiary/aromatic N) is 3. The molecule has 0 saturated heterocycles. The smallest absolute Gasteiger partial charge is 0.322 e. The Hall–Kier alpha value is -2.28. The molecule has 0 aliphatic carbocycles. The Kier molecular flexibility index (Phi) is 4.99. The summed E-state index contributed by atoms with van der Waals surface area (Å²) < 4.78 is 15.6. The van der Waals surface area contributed by atoms with E-state index in [-0.39, 0.29) is 17.2 Å². The number of benzene rings is 1. The highest BCUT2D eigenvalue weighted by atomic mass is 35.5. The van der Waals surface area contributed by atoms with Crippen molar-refractivity contribution >= 4 is 23.2 Å². The largest absolute Gasteiger partial charge is 0.493 e. The monoisotopic (exact) mass is 310 g/mol. The molecular formula is C13H15ClN4O3. The molecule has 7 nitrogen and oxygen atoms in total. The van der Waals surface area contributed by atoms with Crippen LogP contribution in [0.4, 0.5) is 11.6 Å². The first-order chi connectivity index (χ1) is 10.2. The fraction of sp³-hybridized carbons (Fsp3) is 0.308. The number of hydrogen-bond donors (Lipinski definition) is 1. The van der Waals surface area contributed by atoms with Crippen LogP contribution in [0.2, 0.25) is 5.28 Å². The highest BCUT2D eigenvalue weighted by Crippen LogP contribution is 2.30. The van der Waals surface area contributed by atoms with E-state index < -0.39 is 0 Å². The summed E-state index contributed by atoms with van der Waals surface area (Å²) in [6.07, 6.45) is 0. The summed E-state index contributed by atoms with van der Waals surface area (Å²) in [6.45, 7) is 2.27. The fourth-order valence-electron chi connectivity index (χ4n) is 1.62. The molecule has 2 rings (SSSR count). The van der Waals surface area contributed by atoms with Crippen LogP contribution in [0.5, 0.6) is 17.5 Å². The third-order valence-corrected chi connectivity index (χ3v) is 2.67. The van der Waals surface area contributed by atoms with E-state index >= 15 is 0 Å². The van der Waals surface area contributed by atoms with Gasteiger partial charge in [-0.3, -0.25) is 0 Å². The van der Waals surface area contributed by atoms with Crippen molar-refractivity contribution in [2.45, 2.75) is 6.92 Å². The average Bonchev–Trinajstić information content (AvgIpc) is 2.46. The van der Waals surface area contributed by atoms with Crippen molar-refractivity contribution in [3.8, 4) is 17.5 Å². The van der Waals surface area contributed by atoms with Gasteiger partial charge in [-0.1, -0.05) is 0 Å². The van der Waals surface area contributed by atoms with Crippen molar-refractivity contribution in [2.24, 2.45) is 0 Å². The van der Waals surface area contributed by atoms with E-state index in [9.17, 15) is 0 Å². The van der Waals surface area contributed by atoms with Crippen LogP contribution in [0.3, 0.4) is 0 Å². The number of halogens is 1. The van der Waals surface area contributed by atoms with Gasteiger partial charge in [-0.2, -0.15) is 15.0 Å². The van der Waals surface area contributed by atoms with Crippen LogP contribution in [0.1, 0.15) is 6.92 Å². The van der Waals surface area contributed by atoms with E-state index in [1.807, 2.05) is 6.92 Å². The predicted octanol–water partition coefficient (Wildman–Crippen LogP) is 2.68. The molecule has 1 aromatic heterocycles. The maximum atomic E-state index is 5.83. The second-order valence-electron chi connectivity index (χ2n) is 3.84. The van der Waals surface area contributed by atoms with E-state index in [1.165, 1.54) is 0 Å². The summed E-state index contributed by atoms with van der Waals surface area (Å²) in [4.78, 5) is 12.0. The lowest BCUT2D eigenvalue weighted by molar-refractivity contribution is 0.312. The third kappa shape index (κ3) is 3.85. The van der Waals surface area contributed by atoms with Crippen molar-refractivity contribution in [1.29, 1.82) is 0 Å². The summed E-state index contributed by atoms with van der Waals surface area (Å²) in [5.74, 6) is 1.50. The molecule has 0 spiro atoms. The molecule has 2 aromatic rings. The Bertz CT molecular complexity index is 624. The molecule has 1 aromatic carbocycles. The number of ether oxygens (including phenoxy) is 3. The summed E-state index contributed by atoms with van der Waals surface area (Å²) in [6, 6.07) is 5.50. The normalized spacial score (nSPS) is 10.1. The van der Waals surface area contributed by atoms with Gasteiger partial charge in [0.05, 0.1) is 20.8 Å². The van der Waals surface area contributed by atoms with Crippen LogP contribution in [-0.2, 0) is 0 Å². The topological polar surface area (TPSA) is 78.4 Å². The number of hydrogen-bond acceptors (Lipinski definition) is 7. The molecule has 0 fully saturated rings. The van der Waals surface area contributed by atoms with Gasteiger partial charge in [0, 0.05) is 11.8 Å². The van der Waals surface area contributed by atoms with Gasteiger partial charge in [-0.05, 0) is 30.7 Å². The number of aromatic nitrogens is 3. The molecule has 0 saturated carbocycles. The molecule has 112 valence electrons. The minimum atomic E-state index is 0.0522. The fourth-order valence-corrected chi connectivity index (χ4v) is 1.78. The Balaban J connectivity index is 2.25. The number of nitrogens with one attached hydrogen (secondary N) is 1. The van der Waals surface area contributed by atoms with E-state index in [2.05, 4.69) is 20.3 Å². The maximum Gasteiger partial charge on any atom is 0.322 e. The zero-order valence-corrected chi connectivity index (χ0v) is 12.6. The molecule has 0 radical (unpaired) electrons. The molecule has 0 aliphatic heterocycles. The Labute approximate surface area is 127 Å². The van der Waals surface area contributed by atoms with Crippen LogP contribution >= 0.6 is 11.6 Å². The second-order valence-corrected chi connectivity index (χ2v) is 4.18. The summed E-state index contributed by atoms with van der Waals surface area (Å²) in [5.41, 5.74) is 0.720. The van der Waals surface area contributed by atoms with Gasteiger partial charge in [0.2, 0.25) is 11.2 Å². The Morgan fingerprint density at radius 2 is 1.86 bits per heavy atom. The summed E-state index contributed by atoms with van der Waals surface area (Å²) in [5, 5.41) is 3.06. The molecule has 21 heavy (non-hydrogen) atoms. The maximum absolute atomic E-state index is 5.83. The van der Waals surface area contributed by atoms with Crippen molar-refractivity contribution in [1.82, 2.24) is 15.0 Å². The van der Waals surface area contributed by atoms with Gasteiger partial charge >= 0.3 is 6.01 Å². The van der Waals surface area contributed by atoms with Crippen molar-refractivity contribution in [3.63, 3.8) is 0 Å². The summed E-state index contributed by atoms with van der Waals surface area (Å²) in [7, 11) is 3.14. The lowest BCUT2D eigenvalue weighted by atomic mass is 10.3. The summed E-state index contributed by atoms with van der Waals surface area (Å²) >= 11 is 5.83. The Morgan fingerprint density at radius 3 is 2.52 bits per heavy atom. The lowest BCUT2D eigenvalue weighted by Crippen LogP contribution is -2.04. The molecular weight excluding hydrogens is 296 g/mol. The van der Waals surface area contributed by atoms with E-state index in [0.717, 1.165) is 5.69 Å². The van der Waals surface area contributed by atoms with Crippen molar-refractivity contribution in [2.75, 3.05) is 26.1 Å². The van der Waals surface area contributed by atoms with Crippen LogP contribution in [-0.4, -0.2) is 35.8 Å². The van der Waals surface area contributed by atoms with Crippen LogP contribution in [0.25, 0.3) is 0 Å². The predicted molar refractivity (Wildman–Crippen MR) is 78.8 cm³/mol. The first kappa shape index (κ1) is 15.1. The lowest BCUT2D eigenvalue weighted by Gasteiger charge is -2.11. The standard InChI is InChI=1S/C13H15ClN4O3/c1-4-21-13-17-11(14)16-12(18-13)15-8-5-6-9(19-2)10(7-8)20-3/h5-7H,4H2,1-3H3,(H,15,16,17,18). The first-order valence-corrected chi connectivity index (χ1v) is 6.57. The van der Waals surface area contributed by atoms with Gasteiger partial charge in [0.15, 0.2) is 11.5 Å². The average molecular weight is 311 g/mol. The zero-order valence-electron chi connectivity index (χ0n) is 11.9. The molecule has 0 aliphatic rings. The van der Waals surface area contributed by atoms with Crippen molar-refractivity contribution < 1.29 is 14.2 Å². The van der Waals surface area contributed by atoms with E-state index in [0.29, 0.717) is 18.1 Å². The molecule has 0 amide bonds. The van der Waals surface area contributed by atoms with Crippen molar-refractivity contribution in [3.05, 3.63) is 23.5 Å². The van der Waals surface area contributed by atoms with Gasteiger partial charge in [-0.15, -0.1) is 0 Å². The van der Waals surface area contributed by atoms with Crippen LogP contribution in [0.15, 0.2) is 18.2 Å². The minimum Gasteiger partial charge on any atom is -0.493 e. The van der Waals surface area contributed by atoms with Crippen LogP contribution in [0, 0.1) is 0 Å². The number of rotatable bonds is 6. The molecule has 0 atom stereocenters. The zero-order chi connectivity index (χ0) is 15.2. The SMILES string of the molecule is CCOc1nc(Cl)nc(Nc2ccc(OC)c(OC)c2)n1. The van der Waals surface area contributed by atoms with Gasteiger partial charge < -0.3 is 19.5 Å². The number of anilines is 2. The van der Waals surface area contributed by atoms with E-state index in [1.54, 1.807) is 32.4 Å².